The first-order valence-corrected chi connectivity index (χ1v) is 7.12. The second-order valence-electron chi connectivity index (χ2n) is 4.89. The Balaban J connectivity index is 2.32. The standard InChI is InChI=1S/C16H19N3O3/c1-2-13(11-20)19(10-12-5-3-4-7-18-12)16(22)14-6-8-17-9-15(14)21/h3-9,13,20-21H,2,10-11H2,1H3. The fourth-order valence-corrected chi connectivity index (χ4v) is 2.20. The summed E-state index contributed by atoms with van der Waals surface area (Å²) in [6, 6.07) is 6.58. The minimum absolute atomic E-state index is 0.152. The van der Waals surface area contributed by atoms with Crippen molar-refractivity contribution in [2.45, 2.75) is 25.9 Å². The Labute approximate surface area is 129 Å². The summed E-state index contributed by atoms with van der Waals surface area (Å²) >= 11 is 0. The number of carbonyl (C=O) groups is 1. The second kappa shape index (κ2) is 7.51. The maximum absolute atomic E-state index is 12.7. The van der Waals surface area contributed by atoms with Gasteiger partial charge in [-0.3, -0.25) is 14.8 Å². The first-order valence-electron chi connectivity index (χ1n) is 7.12. The minimum atomic E-state index is -0.355. The summed E-state index contributed by atoms with van der Waals surface area (Å²) in [6.45, 7) is 2.01. The largest absolute Gasteiger partial charge is 0.505 e. The third kappa shape index (κ3) is 3.59. The molecule has 2 aromatic rings. The zero-order chi connectivity index (χ0) is 15.9. The van der Waals surface area contributed by atoms with Gasteiger partial charge in [-0.1, -0.05) is 13.0 Å². The topological polar surface area (TPSA) is 86.5 Å². The van der Waals surface area contributed by atoms with E-state index in [9.17, 15) is 15.0 Å². The van der Waals surface area contributed by atoms with Crippen molar-refractivity contribution in [3.8, 4) is 5.75 Å². The van der Waals surface area contributed by atoms with Crippen LogP contribution in [-0.4, -0.2) is 43.6 Å². The van der Waals surface area contributed by atoms with Gasteiger partial charge in [-0.2, -0.15) is 0 Å². The summed E-state index contributed by atoms with van der Waals surface area (Å²) in [5.74, 6) is -0.530. The van der Waals surface area contributed by atoms with Gasteiger partial charge < -0.3 is 15.1 Å². The lowest BCUT2D eigenvalue weighted by molar-refractivity contribution is 0.0557. The first kappa shape index (κ1) is 15.9. The van der Waals surface area contributed by atoms with Crippen molar-refractivity contribution in [3.05, 3.63) is 54.1 Å². The zero-order valence-corrected chi connectivity index (χ0v) is 12.4. The van der Waals surface area contributed by atoms with Gasteiger partial charge in [0.05, 0.1) is 36.6 Å². The normalized spacial score (nSPS) is 11.9. The van der Waals surface area contributed by atoms with Crippen LogP contribution in [0, 0.1) is 0 Å². The molecule has 0 radical (unpaired) electrons. The molecular formula is C16H19N3O3. The third-order valence-corrected chi connectivity index (χ3v) is 3.47. The second-order valence-corrected chi connectivity index (χ2v) is 4.89. The first-order chi connectivity index (χ1) is 10.7. The summed E-state index contributed by atoms with van der Waals surface area (Å²) in [5, 5.41) is 19.4. The fourth-order valence-electron chi connectivity index (χ4n) is 2.20. The smallest absolute Gasteiger partial charge is 0.258 e. The van der Waals surface area contributed by atoms with Gasteiger partial charge in [-0.15, -0.1) is 0 Å². The minimum Gasteiger partial charge on any atom is -0.505 e. The molecular weight excluding hydrogens is 282 g/mol. The van der Waals surface area contributed by atoms with Gasteiger partial charge in [0, 0.05) is 12.4 Å². The number of rotatable bonds is 6. The maximum atomic E-state index is 12.7. The lowest BCUT2D eigenvalue weighted by Gasteiger charge is -2.30. The van der Waals surface area contributed by atoms with E-state index in [0.29, 0.717) is 6.42 Å². The fraction of sp³-hybridized carbons (Fsp3) is 0.312. The highest BCUT2D eigenvalue weighted by Gasteiger charge is 2.25. The molecule has 0 aliphatic heterocycles. The predicted octanol–water partition coefficient (Wildman–Crippen LogP) is 1.60. The lowest BCUT2D eigenvalue weighted by Crippen LogP contribution is -2.41. The molecule has 0 aliphatic carbocycles. The van der Waals surface area contributed by atoms with Crippen molar-refractivity contribution < 1.29 is 15.0 Å². The predicted molar refractivity (Wildman–Crippen MR) is 81.2 cm³/mol. The van der Waals surface area contributed by atoms with Gasteiger partial charge in [0.2, 0.25) is 0 Å². The van der Waals surface area contributed by atoms with Crippen molar-refractivity contribution in [2.75, 3.05) is 6.61 Å². The quantitative estimate of drug-likeness (QED) is 0.846. The van der Waals surface area contributed by atoms with E-state index in [-0.39, 0.29) is 36.4 Å². The van der Waals surface area contributed by atoms with E-state index in [2.05, 4.69) is 9.97 Å². The van der Waals surface area contributed by atoms with E-state index in [1.165, 1.54) is 23.4 Å². The number of pyridine rings is 2. The van der Waals surface area contributed by atoms with Crippen molar-refractivity contribution in [1.82, 2.24) is 14.9 Å². The number of carbonyl (C=O) groups excluding carboxylic acids is 1. The average molecular weight is 301 g/mol. The molecule has 0 fully saturated rings. The molecule has 0 saturated heterocycles. The highest BCUT2D eigenvalue weighted by molar-refractivity contribution is 5.96. The molecule has 0 spiro atoms. The van der Waals surface area contributed by atoms with Crippen LogP contribution in [0.25, 0.3) is 0 Å². The van der Waals surface area contributed by atoms with Gasteiger partial charge in [0.1, 0.15) is 5.75 Å². The van der Waals surface area contributed by atoms with Crippen LogP contribution in [0.4, 0.5) is 0 Å². The Bertz CT molecular complexity index is 615. The molecule has 1 atom stereocenters. The van der Waals surface area contributed by atoms with Crippen LogP contribution >= 0.6 is 0 Å². The van der Waals surface area contributed by atoms with Gasteiger partial charge in [0.25, 0.3) is 5.91 Å². The number of nitrogens with zero attached hydrogens (tertiary/aromatic N) is 3. The van der Waals surface area contributed by atoms with Gasteiger partial charge >= 0.3 is 0 Å². The number of hydrogen-bond acceptors (Lipinski definition) is 5. The zero-order valence-electron chi connectivity index (χ0n) is 12.4. The average Bonchev–Trinajstić information content (AvgIpc) is 2.56. The van der Waals surface area contributed by atoms with Crippen LogP contribution in [-0.2, 0) is 6.54 Å². The number of aromatic hydroxyl groups is 1. The summed E-state index contributed by atoms with van der Waals surface area (Å²) in [7, 11) is 0. The van der Waals surface area contributed by atoms with Crippen molar-refractivity contribution >= 4 is 5.91 Å². The number of amides is 1. The molecule has 116 valence electrons. The molecule has 1 unspecified atom stereocenters. The van der Waals surface area contributed by atoms with E-state index in [1.807, 2.05) is 19.1 Å². The van der Waals surface area contributed by atoms with E-state index in [4.69, 9.17) is 0 Å². The van der Waals surface area contributed by atoms with Crippen LogP contribution < -0.4 is 0 Å². The molecule has 1 amide bonds. The molecule has 0 bridgehead atoms. The van der Waals surface area contributed by atoms with Gasteiger partial charge in [-0.05, 0) is 24.6 Å². The molecule has 2 N–H and O–H groups in total. The Morgan fingerprint density at radius 1 is 1.32 bits per heavy atom. The summed E-state index contributed by atoms with van der Waals surface area (Å²) < 4.78 is 0. The van der Waals surface area contributed by atoms with Crippen LogP contribution in [0.15, 0.2) is 42.9 Å². The molecule has 6 heteroatoms. The molecule has 0 saturated carbocycles. The lowest BCUT2D eigenvalue weighted by atomic mass is 10.1. The number of aliphatic hydroxyl groups excluding tert-OH is 1. The molecule has 6 nitrogen and oxygen atoms in total. The Kier molecular flexibility index (Phi) is 5.43. The number of aromatic nitrogens is 2. The number of aliphatic hydroxyl groups is 1. The monoisotopic (exact) mass is 301 g/mol. The van der Waals surface area contributed by atoms with Gasteiger partial charge in [0.15, 0.2) is 0 Å². The van der Waals surface area contributed by atoms with E-state index in [1.54, 1.807) is 12.3 Å². The van der Waals surface area contributed by atoms with Crippen molar-refractivity contribution in [2.24, 2.45) is 0 Å². The Hall–Kier alpha value is -2.47. The van der Waals surface area contributed by atoms with E-state index >= 15 is 0 Å². The Morgan fingerprint density at radius 2 is 2.14 bits per heavy atom. The highest BCUT2D eigenvalue weighted by Crippen LogP contribution is 2.20. The molecule has 2 rings (SSSR count). The van der Waals surface area contributed by atoms with Crippen molar-refractivity contribution in [1.29, 1.82) is 0 Å². The number of hydrogen-bond donors (Lipinski definition) is 2. The van der Waals surface area contributed by atoms with E-state index in [0.717, 1.165) is 5.69 Å². The molecule has 0 aliphatic rings. The highest BCUT2D eigenvalue weighted by atomic mass is 16.3. The van der Waals surface area contributed by atoms with Crippen LogP contribution in [0.5, 0.6) is 5.75 Å². The van der Waals surface area contributed by atoms with Crippen LogP contribution in [0.1, 0.15) is 29.4 Å². The SMILES string of the molecule is CCC(CO)N(Cc1ccccn1)C(=O)c1ccncc1O. The summed E-state index contributed by atoms with van der Waals surface area (Å²) in [4.78, 5) is 22.2. The Morgan fingerprint density at radius 3 is 2.73 bits per heavy atom. The summed E-state index contributed by atoms with van der Waals surface area (Å²) in [6.07, 6.45) is 4.93. The van der Waals surface area contributed by atoms with Crippen LogP contribution in [0.2, 0.25) is 0 Å². The molecule has 0 aromatic carbocycles. The third-order valence-electron chi connectivity index (χ3n) is 3.47. The molecule has 2 heterocycles. The van der Waals surface area contributed by atoms with E-state index < -0.39 is 0 Å². The van der Waals surface area contributed by atoms with Crippen LogP contribution in [0.3, 0.4) is 0 Å². The molecule has 22 heavy (non-hydrogen) atoms. The summed E-state index contributed by atoms with van der Waals surface area (Å²) in [5.41, 5.74) is 0.883. The van der Waals surface area contributed by atoms with Crippen molar-refractivity contribution in [3.63, 3.8) is 0 Å². The van der Waals surface area contributed by atoms with Gasteiger partial charge in [-0.25, -0.2) is 0 Å². The molecule has 2 aromatic heterocycles. The maximum Gasteiger partial charge on any atom is 0.258 e.